The average molecular weight is 197 g/mol. The fraction of sp³-hybridized carbons (Fsp3) is 0.250. The van der Waals surface area contributed by atoms with Crippen molar-refractivity contribution in [3.63, 3.8) is 0 Å². The molecule has 0 aliphatic heterocycles. The summed E-state index contributed by atoms with van der Waals surface area (Å²) in [5.74, 6) is 0. The Kier molecular flexibility index (Phi) is 3.84. The monoisotopic (exact) mass is 197 g/mol. The molecule has 0 saturated heterocycles. The van der Waals surface area contributed by atoms with Gasteiger partial charge in [-0.15, -0.1) is 0 Å². The van der Waals surface area contributed by atoms with E-state index in [0.717, 1.165) is 0 Å². The van der Waals surface area contributed by atoms with Crippen molar-refractivity contribution in [1.29, 1.82) is 0 Å². The molecule has 14 heavy (non-hydrogen) atoms. The smallest absolute Gasteiger partial charge is 0.269 e. The lowest BCUT2D eigenvalue weighted by molar-refractivity contribution is -0.384. The molecule has 0 amide bonds. The van der Waals surface area contributed by atoms with Crippen molar-refractivity contribution in [2.24, 2.45) is 0 Å². The van der Waals surface area contributed by atoms with Crippen molar-refractivity contribution in [3.8, 4) is 0 Å². The second-order valence-electron chi connectivity index (χ2n) is 2.58. The number of rotatable bonds is 5. The number of anilines is 1. The van der Waals surface area contributed by atoms with Crippen LogP contribution in [0, 0.1) is 10.1 Å². The van der Waals surface area contributed by atoms with Gasteiger partial charge in [-0.2, -0.15) is 0 Å². The molecule has 1 aromatic carbocycles. The maximum atomic E-state index is 10.3. The Labute approximate surface area is 80.7 Å². The van der Waals surface area contributed by atoms with Crippen LogP contribution in [-0.2, 0) is 0 Å². The molecule has 0 bridgehead atoms. The van der Waals surface area contributed by atoms with Crippen molar-refractivity contribution >= 4 is 11.4 Å². The highest BCUT2D eigenvalue weighted by Gasteiger charge is 2.02. The van der Waals surface area contributed by atoms with Gasteiger partial charge in [-0.1, -0.05) is 0 Å². The van der Waals surface area contributed by atoms with Crippen molar-refractivity contribution < 1.29 is 10.0 Å². The van der Waals surface area contributed by atoms with Crippen LogP contribution in [0.3, 0.4) is 0 Å². The molecule has 6 heteroatoms. The van der Waals surface area contributed by atoms with Gasteiger partial charge in [0.25, 0.3) is 5.69 Å². The van der Waals surface area contributed by atoms with E-state index >= 15 is 0 Å². The van der Waals surface area contributed by atoms with E-state index in [-0.39, 0.29) is 12.3 Å². The second kappa shape index (κ2) is 5.15. The fourth-order valence-corrected chi connectivity index (χ4v) is 0.887. The maximum absolute atomic E-state index is 10.3. The highest BCUT2D eigenvalue weighted by molar-refractivity contribution is 5.47. The van der Waals surface area contributed by atoms with Gasteiger partial charge in [-0.05, 0) is 12.1 Å². The Morgan fingerprint density at radius 3 is 2.50 bits per heavy atom. The van der Waals surface area contributed by atoms with E-state index in [9.17, 15) is 10.1 Å². The molecule has 0 aromatic heterocycles. The summed E-state index contributed by atoms with van der Waals surface area (Å²) in [5, 5.41) is 18.8. The summed E-state index contributed by atoms with van der Waals surface area (Å²) in [6.07, 6.45) is 0. The third-order valence-electron chi connectivity index (χ3n) is 1.55. The van der Waals surface area contributed by atoms with Gasteiger partial charge < -0.3 is 10.5 Å². The van der Waals surface area contributed by atoms with Gasteiger partial charge in [-0.3, -0.25) is 10.1 Å². The van der Waals surface area contributed by atoms with E-state index in [2.05, 4.69) is 10.9 Å². The third-order valence-corrected chi connectivity index (χ3v) is 1.55. The molecule has 3 N–H and O–H groups in total. The van der Waals surface area contributed by atoms with Gasteiger partial charge in [0.15, 0.2) is 0 Å². The van der Waals surface area contributed by atoms with Gasteiger partial charge in [0.2, 0.25) is 0 Å². The topological polar surface area (TPSA) is 87.4 Å². The van der Waals surface area contributed by atoms with Crippen LogP contribution >= 0.6 is 0 Å². The number of aliphatic hydroxyl groups excluding tert-OH is 1. The van der Waals surface area contributed by atoms with E-state index in [1.165, 1.54) is 12.1 Å². The highest BCUT2D eigenvalue weighted by Crippen LogP contribution is 2.14. The van der Waals surface area contributed by atoms with Crippen molar-refractivity contribution in [3.05, 3.63) is 34.4 Å². The average Bonchev–Trinajstić information content (AvgIpc) is 2.19. The number of hydrazine groups is 1. The molecule has 6 nitrogen and oxygen atoms in total. The summed E-state index contributed by atoms with van der Waals surface area (Å²) in [7, 11) is 0. The molecule has 0 aliphatic rings. The normalized spacial score (nSPS) is 9.79. The number of benzene rings is 1. The summed E-state index contributed by atoms with van der Waals surface area (Å²) in [6, 6.07) is 5.98. The Morgan fingerprint density at radius 1 is 1.36 bits per heavy atom. The van der Waals surface area contributed by atoms with Crippen LogP contribution in [-0.4, -0.2) is 23.2 Å². The maximum Gasteiger partial charge on any atom is 0.269 e. The lowest BCUT2D eigenvalue weighted by Crippen LogP contribution is -2.24. The Morgan fingerprint density at radius 2 is 2.00 bits per heavy atom. The first kappa shape index (κ1) is 10.4. The SMILES string of the molecule is O=[N+]([O-])c1ccc(NNCCO)cc1. The zero-order valence-corrected chi connectivity index (χ0v) is 7.43. The molecule has 0 fully saturated rings. The second-order valence-corrected chi connectivity index (χ2v) is 2.58. The molecule has 0 saturated carbocycles. The molecular weight excluding hydrogens is 186 g/mol. The summed E-state index contributed by atoms with van der Waals surface area (Å²) in [6.45, 7) is 0.441. The first-order valence-corrected chi connectivity index (χ1v) is 4.08. The molecule has 1 aromatic rings. The molecule has 0 heterocycles. The zero-order chi connectivity index (χ0) is 10.4. The lowest BCUT2D eigenvalue weighted by Gasteiger charge is -2.05. The third kappa shape index (κ3) is 3.00. The van der Waals surface area contributed by atoms with Gasteiger partial charge in [0.1, 0.15) is 0 Å². The molecule has 0 radical (unpaired) electrons. The highest BCUT2D eigenvalue weighted by atomic mass is 16.6. The van der Waals surface area contributed by atoms with Crippen LogP contribution in [0.1, 0.15) is 0 Å². The van der Waals surface area contributed by atoms with E-state index < -0.39 is 4.92 Å². The van der Waals surface area contributed by atoms with Crippen LogP contribution in [0.25, 0.3) is 0 Å². The first-order chi connectivity index (χ1) is 6.74. The largest absolute Gasteiger partial charge is 0.395 e. The number of hydrogen-bond acceptors (Lipinski definition) is 5. The first-order valence-electron chi connectivity index (χ1n) is 4.08. The molecule has 0 unspecified atom stereocenters. The zero-order valence-electron chi connectivity index (χ0n) is 7.43. The van der Waals surface area contributed by atoms with E-state index in [1.54, 1.807) is 12.1 Å². The number of nitro benzene ring substituents is 1. The molecular formula is C8H11N3O3. The Hall–Kier alpha value is -1.66. The van der Waals surface area contributed by atoms with Crippen molar-refractivity contribution in [2.75, 3.05) is 18.6 Å². The number of nitro groups is 1. The van der Waals surface area contributed by atoms with E-state index in [1.807, 2.05) is 0 Å². The van der Waals surface area contributed by atoms with Crippen LogP contribution in [0.4, 0.5) is 11.4 Å². The quantitative estimate of drug-likeness (QED) is 0.363. The Balaban J connectivity index is 2.51. The summed E-state index contributed by atoms with van der Waals surface area (Å²) >= 11 is 0. The molecule has 0 aliphatic carbocycles. The number of non-ortho nitro benzene ring substituents is 1. The van der Waals surface area contributed by atoms with Gasteiger partial charge >= 0.3 is 0 Å². The number of hydrogen-bond donors (Lipinski definition) is 3. The number of nitrogens with zero attached hydrogens (tertiary/aromatic N) is 1. The standard InChI is InChI=1S/C8H11N3O3/c12-6-5-9-10-7-1-3-8(4-2-7)11(13)14/h1-4,9-10,12H,5-6H2. The summed E-state index contributed by atoms with van der Waals surface area (Å²) in [4.78, 5) is 9.86. The van der Waals surface area contributed by atoms with Gasteiger partial charge in [0, 0.05) is 24.4 Å². The number of nitrogens with one attached hydrogen (secondary N) is 2. The van der Waals surface area contributed by atoms with Gasteiger partial charge in [-0.25, -0.2) is 5.43 Å². The molecule has 0 spiro atoms. The van der Waals surface area contributed by atoms with Crippen molar-refractivity contribution in [2.45, 2.75) is 0 Å². The van der Waals surface area contributed by atoms with Crippen LogP contribution in [0.15, 0.2) is 24.3 Å². The summed E-state index contributed by atoms with van der Waals surface area (Å²) in [5.41, 5.74) is 6.27. The molecule has 76 valence electrons. The van der Waals surface area contributed by atoms with Crippen molar-refractivity contribution in [1.82, 2.24) is 5.43 Å². The lowest BCUT2D eigenvalue weighted by atomic mass is 10.3. The van der Waals surface area contributed by atoms with Crippen LogP contribution in [0.5, 0.6) is 0 Å². The minimum Gasteiger partial charge on any atom is -0.395 e. The van der Waals surface area contributed by atoms with Gasteiger partial charge in [0.05, 0.1) is 11.5 Å². The Bertz CT molecular complexity index is 299. The minimum absolute atomic E-state index is 0.0278. The van der Waals surface area contributed by atoms with E-state index in [0.29, 0.717) is 12.2 Å². The van der Waals surface area contributed by atoms with Crippen LogP contribution < -0.4 is 10.9 Å². The predicted molar refractivity (Wildman–Crippen MR) is 51.8 cm³/mol. The van der Waals surface area contributed by atoms with Crippen LogP contribution in [0.2, 0.25) is 0 Å². The number of aliphatic hydroxyl groups is 1. The minimum atomic E-state index is -0.453. The summed E-state index contributed by atoms with van der Waals surface area (Å²) < 4.78 is 0. The fourth-order valence-electron chi connectivity index (χ4n) is 0.887. The van der Waals surface area contributed by atoms with E-state index in [4.69, 9.17) is 5.11 Å². The molecule has 1 rings (SSSR count). The molecule has 0 atom stereocenters. The predicted octanol–water partition coefficient (Wildman–Crippen LogP) is 0.504.